The van der Waals surface area contributed by atoms with Gasteiger partial charge in [-0.3, -0.25) is 14.5 Å². The number of oxime groups is 1. The van der Waals surface area contributed by atoms with Crippen LogP contribution in [0.25, 0.3) is 0 Å². The number of rotatable bonds is 9. The normalized spacial score (nSPS) is 21.6. The minimum Gasteiger partial charge on any atom is -0.477 e. The van der Waals surface area contributed by atoms with Gasteiger partial charge in [0.25, 0.3) is 11.8 Å². The Balaban J connectivity index is 1.77. The molecule has 12 nitrogen and oxygen atoms in total. The number of aliphatic hydroxyl groups is 1. The number of aliphatic carboxylic acids is 1. The molecule has 1 aromatic heterocycles. The summed E-state index contributed by atoms with van der Waals surface area (Å²) in [6, 6.07) is -1.57. The maximum absolute atomic E-state index is 12.8. The van der Waals surface area contributed by atoms with Gasteiger partial charge in [-0.15, -0.1) is 11.8 Å². The van der Waals surface area contributed by atoms with Crippen LogP contribution in [-0.2, 0) is 19.2 Å². The van der Waals surface area contributed by atoms with E-state index in [1.165, 1.54) is 24.9 Å². The molecule has 1 saturated heterocycles. The lowest BCUT2D eigenvalue weighted by Gasteiger charge is -2.49. The van der Waals surface area contributed by atoms with Crippen molar-refractivity contribution in [2.75, 3.05) is 25.2 Å². The number of carbonyl (C=O) groups is 3. The molecule has 2 aliphatic rings. The van der Waals surface area contributed by atoms with Gasteiger partial charge in [-0.05, 0) is 5.41 Å². The second-order valence-electron chi connectivity index (χ2n) is 6.53. The number of nitrogens with zero attached hydrogens (tertiary/aromatic N) is 3. The second-order valence-corrected chi connectivity index (χ2v) is 10.3. The number of halogens is 1. The summed E-state index contributed by atoms with van der Waals surface area (Å²) in [5, 5.41) is 25.9. The quantitative estimate of drug-likeness (QED) is 0.162. The third kappa shape index (κ3) is 5.28. The standard InChI is InChI=1S/C17H19ClN6O6S3/c1-30-23-9(8-12(18)33-17(20)22-8)13(26)21-10-14(27)24-11(16(28)29)7(5-32-15(10)24)31-3-2-6(19)4-25/h2-3,6,10,15,25H,4-5,19H2,1H3,(H2,20,22)(H,21,26)(H,28,29)/b3-2-,23-9-/t6-,10?,15-/m1/s1. The van der Waals surface area contributed by atoms with Gasteiger partial charge in [-0.1, -0.05) is 45.9 Å². The highest BCUT2D eigenvalue weighted by molar-refractivity contribution is 8.08. The molecular weight excluding hydrogens is 516 g/mol. The van der Waals surface area contributed by atoms with Crippen LogP contribution in [0.5, 0.6) is 0 Å². The highest BCUT2D eigenvalue weighted by Crippen LogP contribution is 2.43. The van der Waals surface area contributed by atoms with E-state index in [0.717, 1.165) is 28.0 Å². The predicted octanol–water partition coefficient (Wildman–Crippen LogP) is -0.00820. The third-order valence-electron chi connectivity index (χ3n) is 4.39. The lowest BCUT2D eigenvalue weighted by atomic mass is 10.0. The Labute approximate surface area is 205 Å². The molecule has 16 heteroatoms. The largest absolute Gasteiger partial charge is 0.477 e. The first kappa shape index (κ1) is 25.3. The molecule has 1 fully saturated rings. The first-order chi connectivity index (χ1) is 15.7. The number of thiazole rings is 1. The summed E-state index contributed by atoms with van der Waals surface area (Å²) >= 11 is 9.40. The number of thioether (sulfide) groups is 2. The maximum atomic E-state index is 12.8. The van der Waals surface area contributed by atoms with Crippen molar-refractivity contribution in [1.29, 1.82) is 0 Å². The number of hydrogen-bond acceptors (Lipinski definition) is 12. The Morgan fingerprint density at radius 2 is 2.27 bits per heavy atom. The highest BCUT2D eigenvalue weighted by atomic mass is 35.5. The van der Waals surface area contributed by atoms with Gasteiger partial charge in [0, 0.05) is 16.7 Å². The number of carbonyl (C=O) groups excluding carboxylic acids is 2. The van der Waals surface area contributed by atoms with Crippen LogP contribution < -0.4 is 16.8 Å². The summed E-state index contributed by atoms with van der Waals surface area (Å²) < 4.78 is 0.124. The number of amides is 2. The molecule has 3 heterocycles. The van der Waals surface area contributed by atoms with Gasteiger partial charge in [0.1, 0.15) is 34.3 Å². The van der Waals surface area contributed by atoms with Crippen molar-refractivity contribution >= 4 is 75.1 Å². The molecule has 2 aliphatic heterocycles. The molecule has 0 bridgehead atoms. The molecule has 33 heavy (non-hydrogen) atoms. The fourth-order valence-corrected chi connectivity index (χ4v) is 6.26. The van der Waals surface area contributed by atoms with Gasteiger partial charge >= 0.3 is 5.97 Å². The lowest BCUT2D eigenvalue weighted by molar-refractivity contribution is -0.150. The van der Waals surface area contributed by atoms with Crippen molar-refractivity contribution in [1.82, 2.24) is 15.2 Å². The molecule has 1 unspecified atom stereocenters. The van der Waals surface area contributed by atoms with E-state index in [1.807, 2.05) is 0 Å². The van der Waals surface area contributed by atoms with Crippen molar-refractivity contribution in [3.8, 4) is 0 Å². The molecule has 1 aromatic rings. The zero-order chi connectivity index (χ0) is 24.3. The Kier molecular flexibility index (Phi) is 8.25. The van der Waals surface area contributed by atoms with Crippen LogP contribution in [0, 0.1) is 0 Å². The van der Waals surface area contributed by atoms with E-state index in [1.54, 1.807) is 5.41 Å². The minimum absolute atomic E-state index is 0.0103. The molecule has 178 valence electrons. The molecular formula is C17H19ClN6O6S3. The highest BCUT2D eigenvalue weighted by Gasteiger charge is 2.54. The SMILES string of the molecule is CO/N=C(\C(=O)NC1C(=O)N2C(C(=O)O)=C(S/C=C\[C@@H](N)CO)CS[C@H]12)c1nc(N)sc1Cl. The molecule has 2 amide bonds. The summed E-state index contributed by atoms with van der Waals surface area (Å²) in [6.07, 6.45) is 1.53. The van der Waals surface area contributed by atoms with Crippen LogP contribution in [-0.4, -0.2) is 80.5 Å². The number of nitrogens with one attached hydrogen (secondary N) is 1. The summed E-state index contributed by atoms with van der Waals surface area (Å²) in [5.41, 5.74) is 10.8. The monoisotopic (exact) mass is 534 g/mol. The second kappa shape index (κ2) is 10.8. The molecule has 0 aliphatic carbocycles. The Hall–Kier alpha value is -2.30. The fraction of sp³-hybridized carbons (Fsp3) is 0.353. The number of hydrogen-bond donors (Lipinski definition) is 5. The predicted molar refractivity (Wildman–Crippen MR) is 127 cm³/mol. The van der Waals surface area contributed by atoms with E-state index in [-0.39, 0.29) is 33.2 Å². The van der Waals surface area contributed by atoms with E-state index in [2.05, 4.69) is 15.5 Å². The summed E-state index contributed by atoms with van der Waals surface area (Å²) in [6.45, 7) is -0.252. The topological polar surface area (TPSA) is 193 Å². The van der Waals surface area contributed by atoms with Crippen LogP contribution >= 0.6 is 46.5 Å². The molecule has 0 aromatic carbocycles. The Bertz CT molecular complexity index is 1060. The summed E-state index contributed by atoms with van der Waals surface area (Å²) in [5.74, 6) is -2.34. The number of nitrogen functional groups attached to an aromatic ring is 1. The van der Waals surface area contributed by atoms with Crippen molar-refractivity contribution < 1.29 is 29.4 Å². The van der Waals surface area contributed by atoms with Gasteiger partial charge in [0.05, 0.1) is 6.61 Å². The first-order valence-electron chi connectivity index (χ1n) is 9.14. The minimum atomic E-state index is -1.27. The Morgan fingerprint density at radius 1 is 1.55 bits per heavy atom. The van der Waals surface area contributed by atoms with Gasteiger partial charge in [0.2, 0.25) is 0 Å². The molecule has 0 spiro atoms. The zero-order valence-electron chi connectivity index (χ0n) is 16.9. The van der Waals surface area contributed by atoms with Gasteiger partial charge < -0.3 is 31.8 Å². The average molecular weight is 535 g/mol. The number of aromatic nitrogens is 1. The van der Waals surface area contributed by atoms with Crippen LogP contribution in [0.3, 0.4) is 0 Å². The number of nitrogens with two attached hydrogens (primary N) is 2. The van der Waals surface area contributed by atoms with E-state index in [0.29, 0.717) is 10.7 Å². The van der Waals surface area contributed by atoms with Crippen molar-refractivity contribution in [2.24, 2.45) is 10.9 Å². The van der Waals surface area contributed by atoms with Crippen molar-refractivity contribution in [3.63, 3.8) is 0 Å². The van der Waals surface area contributed by atoms with E-state index in [9.17, 15) is 19.5 Å². The maximum Gasteiger partial charge on any atom is 0.353 e. The lowest BCUT2D eigenvalue weighted by Crippen LogP contribution is -2.71. The van der Waals surface area contributed by atoms with E-state index >= 15 is 0 Å². The summed E-state index contributed by atoms with van der Waals surface area (Å²) in [4.78, 5) is 47.7. The number of anilines is 1. The molecule has 3 rings (SSSR count). The van der Waals surface area contributed by atoms with Gasteiger partial charge in [0.15, 0.2) is 10.8 Å². The van der Waals surface area contributed by atoms with Crippen LogP contribution in [0.15, 0.2) is 27.2 Å². The Morgan fingerprint density at radius 3 is 2.85 bits per heavy atom. The fourth-order valence-electron chi connectivity index (χ4n) is 2.92. The molecule has 3 atom stereocenters. The van der Waals surface area contributed by atoms with E-state index in [4.69, 9.17) is 33.0 Å². The number of carboxylic acids is 1. The first-order valence-corrected chi connectivity index (χ1v) is 12.3. The molecule has 0 saturated carbocycles. The van der Waals surface area contributed by atoms with Crippen LogP contribution in [0.4, 0.5) is 5.13 Å². The number of aliphatic hydroxyl groups excluding tert-OH is 1. The zero-order valence-corrected chi connectivity index (χ0v) is 20.1. The van der Waals surface area contributed by atoms with Crippen molar-refractivity contribution in [3.05, 3.63) is 32.1 Å². The summed E-state index contributed by atoms with van der Waals surface area (Å²) in [7, 11) is 1.23. The van der Waals surface area contributed by atoms with Crippen LogP contribution in [0.1, 0.15) is 5.69 Å². The molecule has 7 N–H and O–H groups in total. The number of fused-ring (bicyclic) bond motifs is 1. The van der Waals surface area contributed by atoms with Gasteiger partial charge in [-0.25, -0.2) is 9.78 Å². The van der Waals surface area contributed by atoms with E-state index < -0.39 is 35.2 Å². The number of carboxylic acid groups (broad SMARTS) is 1. The average Bonchev–Trinajstić information content (AvgIpc) is 3.11. The smallest absolute Gasteiger partial charge is 0.353 e. The number of β-lactam (4-membered cyclic amide) rings is 1. The van der Waals surface area contributed by atoms with Crippen LogP contribution in [0.2, 0.25) is 4.34 Å². The van der Waals surface area contributed by atoms with Crippen molar-refractivity contribution in [2.45, 2.75) is 17.5 Å². The third-order valence-corrected chi connectivity index (χ3v) is 7.86. The molecule has 0 radical (unpaired) electrons. The van der Waals surface area contributed by atoms with Gasteiger partial charge in [-0.2, -0.15) is 0 Å².